The maximum absolute atomic E-state index is 3.68. The van der Waals surface area contributed by atoms with E-state index in [1.165, 1.54) is 141 Å². The zero-order valence-electron chi connectivity index (χ0n) is 29.0. The fourth-order valence-corrected chi connectivity index (χ4v) is 3.36. The van der Waals surface area contributed by atoms with Crippen LogP contribution in [0.5, 0.6) is 0 Å². The maximum atomic E-state index is 3.68. The Balaban J connectivity index is -0.000000127. The second kappa shape index (κ2) is 57.0. The molecule has 0 saturated heterocycles. The van der Waals surface area contributed by atoms with E-state index in [4.69, 9.17) is 0 Å². The van der Waals surface area contributed by atoms with Crippen molar-refractivity contribution in [2.24, 2.45) is 0 Å². The zero-order valence-corrected chi connectivity index (χ0v) is 29.0. The van der Waals surface area contributed by atoms with E-state index in [1.807, 2.05) is 44.3 Å². The van der Waals surface area contributed by atoms with Crippen molar-refractivity contribution in [2.75, 3.05) is 21.1 Å². The topological polar surface area (TPSA) is 3.24 Å². The minimum atomic E-state index is 1.19. The van der Waals surface area contributed by atoms with Gasteiger partial charge in [-0.05, 0) is 79.4 Å². The van der Waals surface area contributed by atoms with Gasteiger partial charge < -0.3 is 4.90 Å². The Labute approximate surface area is 251 Å². The lowest BCUT2D eigenvalue weighted by molar-refractivity contribution is 0.505. The molecule has 0 aromatic carbocycles. The second-order valence-electron chi connectivity index (χ2n) is 10.9. The molecule has 0 amide bonds. The highest BCUT2D eigenvalue weighted by Gasteiger charge is 1.86. The van der Waals surface area contributed by atoms with Crippen LogP contribution in [-0.2, 0) is 0 Å². The first kappa shape index (κ1) is 47.7. The van der Waals surface area contributed by atoms with Crippen molar-refractivity contribution in [1.82, 2.24) is 4.90 Å². The number of unbranched alkanes of at least 4 members (excludes halogenated alkanes) is 18. The summed E-state index contributed by atoms with van der Waals surface area (Å²) in [5, 5.41) is 0. The van der Waals surface area contributed by atoms with Crippen molar-refractivity contribution in [3.63, 3.8) is 0 Å². The van der Waals surface area contributed by atoms with Crippen LogP contribution in [0.25, 0.3) is 0 Å². The quantitative estimate of drug-likeness (QED) is 0.0958. The van der Waals surface area contributed by atoms with Gasteiger partial charge in [0.2, 0.25) is 0 Å². The molecule has 0 aliphatic rings. The van der Waals surface area contributed by atoms with Crippen molar-refractivity contribution in [1.29, 1.82) is 0 Å². The second-order valence-corrected chi connectivity index (χ2v) is 10.9. The smallest absolute Gasteiger partial charge is 0.0140 e. The molecular formula is C38H79N. The van der Waals surface area contributed by atoms with Crippen LogP contribution in [0.15, 0.2) is 50.1 Å². The van der Waals surface area contributed by atoms with E-state index in [2.05, 4.69) is 66.5 Å². The molecule has 0 fully saturated rings. The lowest BCUT2D eigenvalue weighted by Crippen LogP contribution is -1.99. The third-order valence-corrected chi connectivity index (χ3v) is 5.75. The molecular weight excluding hydrogens is 470 g/mol. The molecule has 0 atom stereocenters. The minimum absolute atomic E-state index is 1.19. The van der Waals surface area contributed by atoms with E-state index in [-0.39, 0.29) is 0 Å². The first-order valence-electron chi connectivity index (χ1n) is 16.9. The Morgan fingerprint density at radius 1 is 0.410 bits per heavy atom. The zero-order chi connectivity index (χ0) is 30.7. The molecule has 0 saturated carbocycles. The van der Waals surface area contributed by atoms with Gasteiger partial charge in [-0.3, -0.25) is 0 Å². The first-order chi connectivity index (χ1) is 18.9. The van der Waals surface area contributed by atoms with Gasteiger partial charge in [-0.2, -0.15) is 0 Å². The van der Waals surface area contributed by atoms with Crippen LogP contribution in [0.4, 0.5) is 0 Å². The van der Waals surface area contributed by atoms with E-state index in [1.54, 1.807) is 0 Å². The van der Waals surface area contributed by atoms with Crippen molar-refractivity contribution >= 4 is 0 Å². The Bertz CT molecular complexity index is 386. The number of hydrogen-bond acceptors (Lipinski definition) is 1. The number of nitrogens with zero attached hydrogens (tertiary/aromatic N) is 1. The molecule has 0 aliphatic heterocycles. The molecule has 0 N–H and O–H groups in total. The largest absolute Gasteiger partial charge is 0.312 e. The first-order valence-corrected chi connectivity index (χ1v) is 16.9. The Morgan fingerprint density at radius 3 is 0.897 bits per heavy atom. The van der Waals surface area contributed by atoms with Gasteiger partial charge >= 0.3 is 0 Å². The lowest BCUT2D eigenvalue weighted by Gasteiger charge is -1.95. The van der Waals surface area contributed by atoms with Gasteiger partial charge in [-0.1, -0.05) is 148 Å². The summed E-state index contributed by atoms with van der Waals surface area (Å²) in [4.78, 5) is 2.00. The monoisotopic (exact) mass is 550 g/mol. The highest BCUT2D eigenvalue weighted by Crippen LogP contribution is 2.06. The highest BCUT2D eigenvalue weighted by atomic mass is 15.0. The van der Waals surface area contributed by atoms with Gasteiger partial charge in [0.1, 0.15) is 0 Å². The molecule has 0 aromatic rings. The van der Waals surface area contributed by atoms with Crippen LogP contribution in [0.3, 0.4) is 0 Å². The summed E-state index contributed by atoms with van der Waals surface area (Å²) in [5.41, 5.74) is 0. The van der Waals surface area contributed by atoms with E-state index >= 15 is 0 Å². The fraction of sp³-hybridized carbons (Fsp3) is 0.789. The van der Waals surface area contributed by atoms with Gasteiger partial charge in [0.25, 0.3) is 0 Å². The van der Waals surface area contributed by atoms with E-state index in [0.29, 0.717) is 0 Å². The average Bonchev–Trinajstić information content (AvgIpc) is 2.92. The summed E-state index contributed by atoms with van der Waals surface area (Å²) in [6.45, 7) is 22.0. The maximum Gasteiger partial charge on any atom is -0.0140 e. The van der Waals surface area contributed by atoms with Crippen molar-refractivity contribution in [2.45, 2.75) is 176 Å². The minimum Gasteiger partial charge on any atom is -0.312 e. The summed E-state index contributed by atoms with van der Waals surface area (Å²) < 4.78 is 0. The van der Waals surface area contributed by atoms with Crippen LogP contribution in [-0.4, -0.2) is 26.0 Å². The highest BCUT2D eigenvalue weighted by molar-refractivity contribution is 4.76. The molecule has 1 heteroatoms. The summed E-state index contributed by atoms with van der Waals surface area (Å²) in [7, 11) is 6.00. The SMILES string of the molecule is C=CCCCCC.C=CCCCCCCC.C=CCCCCCCC.CC=CCCCCCCC.CN(C)C. The molecule has 0 bridgehead atoms. The number of allylic oxidation sites excluding steroid dienone is 5. The van der Waals surface area contributed by atoms with Crippen molar-refractivity contribution in [3.05, 3.63) is 50.1 Å². The van der Waals surface area contributed by atoms with Gasteiger partial charge in [-0.15, -0.1) is 19.7 Å². The van der Waals surface area contributed by atoms with E-state index < -0.39 is 0 Å². The molecule has 0 radical (unpaired) electrons. The Morgan fingerprint density at radius 2 is 0.641 bits per heavy atom. The molecule has 0 aromatic heterocycles. The van der Waals surface area contributed by atoms with Gasteiger partial charge in [0.05, 0.1) is 0 Å². The van der Waals surface area contributed by atoms with Crippen LogP contribution in [0.1, 0.15) is 176 Å². The van der Waals surface area contributed by atoms with Gasteiger partial charge in [0.15, 0.2) is 0 Å². The molecule has 236 valence electrons. The predicted octanol–water partition coefficient (Wildman–Crippen LogP) is 13.9. The van der Waals surface area contributed by atoms with Crippen LogP contribution >= 0.6 is 0 Å². The molecule has 1 nitrogen and oxygen atoms in total. The number of hydrogen-bond donors (Lipinski definition) is 0. The normalized spacial score (nSPS) is 9.67. The standard InChI is InChI=1S/C10H20.2C9H18.C7H14.C3H9N/c1-3-5-7-9-10-8-6-4-2;2*1-3-5-7-9-8-6-4-2;1-3-5-7-6-4-2;1-4(2)3/h3,5H,4,6-10H2,1-2H3;2*3H,1,4-9H2,2H3;3H,1,4-7H2,2H3;1-3H3. The average molecular weight is 550 g/mol. The lowest BCUT2D eigenvalue weighted by atomic mass is 10.1. The third-order valence-electron chi connectivity index (χ3n) is 5.75. The van der Waals surface area contributed by atoms with Crippen molar-refractivity contribution in [3.8, 4) is 0 Å². The van der Waals surface area contributed by atoms with Crippen molar-refractivity contribution < 1.29 is 0 Å². The summed E-state index contributed by atoms with van der Waals surface area (Å²) in [5.74, 6) is 0. The van der Waals surface area contributed by atoms with E-state index in [9.17, 15) is 0 Å². The Hall–Kier alpha value is -1.08. The van der Waals surface area contributed by atoms with Gasteiger partial charge in [0, 0.05) is 0 Å². The molecule has 0 spiro atoms. The van der Waals surface area contributed by atoms with Gasteiger partial charge in [-0.25, -0.2) is 0 Å². The number of rotatable bonds is 22. The Kier molecular flexibility index (Phi) is 69.7. The van der Waals surface area contributed by atoms with Crippen LogP contribution in [0.2, 0.25) is 0 Å². The van der Waals surface area contributed by atoms with Crippen LogP contribution < -0.4 is 0 Å². The van der Waals surface area contributed by atoms with Crippen LogP contribution in [0, 0.1) is 0 Å². The molecule has 0 aliphatic carbocycles. The molecule has 0 unspecified atom stereocenters. The summed E-state index contributed by atoms with van der Waals surface area (Å²) >= 11 is 0. The molecule has 0 heterocycles. The molecule has 39 heavy (non-hydrogen) atoms. The van der Waals surface area contributed by atoms with E-state index in [0.717, 1.165) is 0 Å². The molecule has 0 rings (SSSR count). The predicted molar refractivity (Wildman–Crippen MR) is 189 cm³/mol. The summed E-state index contributed by atoms with van der Waals surface area (Å²) in [6.07, 6.45) is 40.0. The fourth-order valence-electron chi connectivity index (χ4n) is 3.36. The third kappa shape index (κ3) is 93.7. The summed E-state index contributed by atoms with van der Waals surface area (Å²) in [6, 6.07) is 0.